The van der Waals surface area contributed by atoms with Crippen molar-refractivity contribution in [2.75, 3.05) is 5.73 Å². The van der Waals surface area contributed by atoms with E-state index in [1.807, 2.05) is 67.7 Å². The van der Waals surface area contributed by atoms with Crippen LogP contribution in [0, 0.1) is 0 Å². The van der Waals surface area contributed by atoms with E-state index in [0.29, 0.717) is 5.82 Å². The molecule has 0 aliphatic carbocycles. The molecule has 0 spiro atoms. The monoisotopic (exact) mass is 265 g/mol. The van der Waals surface area contributed by atoms with Gasteiger partial charge in [-0.15, -0.1) is 0 Å². The molecule has 100 valence electrons. The molecule has 2 N–H and O–H groups in total. The van der Waals surface area contributed by atoms with E-state index in [2.05, 4.69) is 5.10 Å². The Morgan fingerprint density at radius 1 is 0.950 bits per heavy atom. The van der Waals surface area contributed by atoms with Crippen LogP contribution in [0.1, 0.15) is 0 Å². The maximum Gasteiger partial charge on any atom is 0.128 e. The predicted octanol–water partition coefficient (Wildman–Crippen LogP) is 3.46. The summed E-state index contributed by atoms with van der Waals surface area (Å²) in [5.41, 5.74) is 7.62. The van der Waals surface area contributed by atoms with Crippen molar-refractivity contribution in [2.45, 2.75) is 0 Å². The summed E-state index contributed by atoms with van der Waals surface area (Å²) in [6, 6.07) is 19.3. The Kier molecular flexibility index (Phi) is 3.13. The van der Waals surface area contributed by atoms with Crippen LogP contribution in [0.4, 0.5) is 5.82 Å². The van der Waals surface area contributed by atoms with Crippen LogP contribution in [0.5, 0.6) is 11.5 Å². The highest BCUT2D eigenvalue weighted by molar-refractivity contribution is 5.64. The number of anilines is 1. The zero-order valence-corrected chi connectivity index (χ0v) is 11.2. The zero-order valence-electron chi connectivity index (χ0n) is 11.2. The molecule has 4 nitrogen and oxygen atoms in total. The first-order valence-electron chi connectivity index (χ1n) is 6.35. The molecule has 0 radical (unpaired) electrons. The second kappa shape index (κ2) is 5.09. The lowest BCUT2D eigenvalue weighted by molar-refractivity contribution is 0.483. The fraction of sp³-hybridized carbons (Fsp3) is 0.0625. The Morgan fingerprint density at radius 2 is 1.70 bits per heavy atom. The minimum atomic E-state index is 0.634. The number of benzene rings is 2. The highest BCUT2D eigenvalue weighted by atomic mass is 16.5. The highest BCUT2D eigenvalue weighted by Gasteiger charge is 2.06. The summed E-state index contributed by atoms with van der Waals surface area (Å²) in [7, 11) is 1.82. The number of nitrogens with two attached hydrogens (primary N) is 1. The van der Waals surface area contributed by atoms with Crippen molar-refractivity contribution in [3.63, 3.8) is 0 Å². The number of ether oxygens (including phenoxy) is 1. The van der Waals surface area contributed by atoms with Crippen LogP contribution in [0.15, 0.2) is 60.7 Å². The average molecular weight is 265 g/mol. The number of para-hydroxylation sites is 1. The third-order valence-electron chi connectivity index (χ3n) is 3.02. The van der Waals surface area contributed by atoms with Crippen molar-refractivity contribution in [1.29, 1.82) is 0 Å². The lowest BCUT2D eigenvalue weighted by atomic mass is 10.1. The summed E-state index contributed by atoms with van der Waals surface area (Å²) in [6.45, 7) is 0. The second-order valence-corrected chi connectivity index (χ2v) is 4.52. The first kappa shape index (κ1) is 12.3. The average Bonchev–Trinajstić information content (AvgIpc) is 2.80. The van der Waals surface area contributed by atoms with E-state index >= 15 is 0 Å². The van der Waals surface area contributed by atoms with Crippen molar-refractivity contribution >= 4 is 5.82 Å². The van der Waals surface area contributed by atoms with Crippen LogP contribution in [0.2, 0.25) is 0 Å². The number of hydrogen-bond donors (Lipinski definition) is 1. The molecule has 20 heavy (non-hydrogen) atoms. The fourth-order valence-corrected chi connectivity index (χ4v) is 1.97. The Hall–Kier alpha value is -2.75. The summed E-state index contributed by atoms with van der Waals surface area (Å²) >= 11 is 0. The van der Waals surface area contributed by atoms with Crippen molar-refractivity contribution < 1.29 is 4.74 Å². The van der Waals surface area contributed by atoms with E-state index in [-0.39, 0.29) is 0 Å². The van der Waals surface area contributed by atoms with Crippen molar-refractivity contribution in [3.8, 4) is 22.8 Å². The Balaban J connectivity index is 1.90. The smallest absolute Gasteiger partial charge is 0.128 e. The Labute approximate surface area is 117 Å². The van der Waals surface area contributed by atoms with Gasteiger partial charge in [0.15, 0.2) is 0 Å². The molecule has 0 aliphatic heterocycles. The molecule has 2 aromatic carbocycles. The molecule has 3 rings (SSSR count). The topological polar surface area (TPSA) is 53.1 Å². The molecule has 4 heteroatoms. The molecule has 0 aliphatic rings. The normalized spacial score (nSPS) is 10.4. The van der Waals surface area contributed by atoms with E-state index in [4.69, 9.17) is 10.5 Å². The van der Waals surface area contributed by atoms with Gasteiger partial charge in [-0.1, -0.05) is 30.3 Å². The maximum atomic E-state index is 5.81. The lowest BCUT2D eigenvalue weighted by Crippen LogP contribution is -1.96. The summed E-state index contributed by atoms with van der Waals surface area (Å²) < 4.78 is 7.46. The van der Waals surface area contributed by atoms with Gasteiger partial charge >= 0.3 is 0 Å². The van der Waals surface area contributed by atoms with Gasteiger partial charge in [0, 0.05) is 18.7 Å². The zero-order chi connectivity index (χ0) is 13.9. The third kappa shape index (κ3) is 2.49. The van der Waals surface area contributed by atoms with Crippen molar-refractivity contribution in [1.82, 2.24) is 9.78 Å². The number of aryl methyl sites for hydroxylation is 1. The van der Waals surface area contributed by atoms with Crippen LogP contribution < -0.4 is 10.5 Å². The molecule has 0 unspecified atom stereocenters. The van der Waals surface area contributed by atoms with Crippen molar-refractivity contribution in [3.05, 3.63) is 60.7 Å². The quantitative estimate of drug-likeness (QED) is 0.789. The van der Waals surface area contributed by atoms with Crippen LogP contribution in [-0.2, 0) is 7.05 Å². The molecular weight excluding hydrogens is 250 g/mol. The molecule has 1 aromatic heterocycles. The highest BCUT2D eigenvalue weighted by Crippen LogP contribution is 2.27. The minimum Gasteiger partial charge on any atom is -0.457 e. The summed E-state index contributed by atoms with van der Waals surface area (Å²) in [4.78, 5) is 0. The predicted molar refractivity (Wildman–Crippen MR) is 79.6 cm³/mol. The first-order valence-corrected chi connectivity index (χ1v) is 6.35. The van der Waals surface area contributed by atoms with Gasteiger partial charge < -0.3 is 10.5 Å². The summed E-state index contributed by atoms with van der Waals surface area (Å²) in [6.07, 6.45) is 0. The van der Waals surface area contributed by atoms with E-state index in [1.165, 1.54) is 0 Å². The number of aromatic nitrogens is 2. The molecule has 0 atom stereocenters. The van der Waals surface area contributed by atoms with Crippen LogP contribution in [-0.4, -0.2) is 9.78 Å². The lowest BCUT2D eigenvalue weighted by Gasteiger charge is -2.06. The maximum absolute atomic E-state index is 5.81. The van der Waals surface area contributed by atoms with E-state index < -0.39 is 0 Å². The van der Waals surface area contributed by atoms with Gasteiger partial charge in [0.2, 0.25) is 0 Å². The molecule has 0 fully saturated rings. The molecule has 1 heterocycles. The SMILES string of the molecule is Cn1nc(-c2cccc(Oc3ccccc3)c2)cc1N. The largest absolute Gasteiger partial charge is 0.457 e. The van der Waals surface area contributed by atoms with Crippen molar-refractivity contribution in [2.24, 2.45) is 7.05 Å². The van der Waals surface area contributed by atoms with E-state index in [9.17, 15) is 0 Å². The number of nitrogens with zero attached hydrogens (tertiary/aromatic N) is 2. The molecule has 0 saturated heterocycles. The molecule has 0 bridgehead atoms. The van der Waals surface area contributed by atoms with Gasteiger partial charge in [-0.25, -0.2) is 0 Å². The number of hydrogen-bond acceptors (Lipinski definition) is 3. The molecule has 3 aromatic rings. The van der Waals surface area contributed by atoms with Gasteiger partial charge in [-0.2, -0.15) is 5.10 Å². The Bertz CT molecular complexity index is 700. The third-order valence-corrected chi connectivity index (χ3v) is 3.02. The standard InChI is InChI=1S/C16H15N3O/c1-19-16(17)11-15(18-19)12-6-5-9-14(10-12)20-13-7-3-2-4-8-13/h2-11H,17H2,1H3. The van der Waals surface area contributed by atoms with Crippen LogP contribution >= 0.6 is 0 Å². The minimum absolute atomic E-state index is 0.634. The number of nitrogen functional groups attached to an aromatic ring is 1. The van der Waals surface area contributed by atoms with E-state index in [0.717, 1.165) is 22.8 Å². The van der Waals surface area contributed by atoms with E-state index in [1.54, 1.807) is 4.68 Å². The first-order chi connectivity index (χ1) is 9.72. The van der Waals surface area contributed by atoms with Gasteiger partial charge in [0.1, 0.15) is 17.3 Å². The van der Waals surface area contributed by atoms with Gasteiger partial charge in [0.05, 0.1) is 5.69 Å². The van der Waals surface area contributed by atoms with Gasteiger partial charge in [-0.05, 0) is 24.3 Å². The number of rotatable bonds is 3. The molecule has 0 amide bonds. The molecule has 0 saturated carbocycles. The summed E-state index contributed by atoms with van der Waals surface area (Å²) in [5.74, 6) is 2.22. The Morgan fingerprint density at radius 3 is 2.40 bits per heavy atom. The van der Waals surface area contributed by atoms with Crippen LogP contribution in [0.25, 0.3) is 11.3 Å². The summed E-state index contributed by atoms with van der Waals surface area (Å²) in [5, 5.41) is 4.36. The van der Waals surface area contributed by atoms with Gasteiger partial charge in [-0.3, -0.25) is 4.68 Å². The van der Waals surface area contributed by atoms with Gasteiger partial charge in [0.25, 0.3) is 0 Å². The van der Waals surface area contributed by atoms with Crippen LogP contribution in [0.3, 0.4) is 0 Å². The second-order valence-electron chi connectivity index (χ2n) is 4.52. The molecular formula is C16H15N3O. The fourth-order valence-electron chi connectivity index (χ4n) is 1.97.